The average molecular weight is 369 g/mol. The molecular formula is C16H10F3NO6. The van der Waals surface area contributed by atoms with Crippen molar-refractivity contribution >= 4 is 11.7 Å². The molecule has 26 heavy (non-hydrogen) atoms. The van der Waals surface area contributed by atoms with Gasteiger partial charge in [0.25, 0.3) is 5.69 Å². The Hall–Kier alpha value is -3.30. The van der Waals surface area contributed by atoms with Crippen LogP contribution in [0.3, 0.4) is 0 Å². The molecule has 3 rings (SSSR count). The van der Waals surface area contributed by atoms with Gasteiger partial charge < -0.3 is 14.2 Å². The first-order chi connectivity index (χ1) is 12.3. The summed E-state index contributed by atoms with van der Waals surface area (Å²) in [5.41, 5.74) is -2.25. The second kappa shape index (κ2) is 6.54. The molecule has 7 nitrogen and oxygen atoms in total. The van der Waals surface area contributed by atoms with Gasteiger partial charge in [0.2, 0.25) is 6.79 Å². The molecule has 0 fully saturated rings. The van der Waals surface area contributed by atoms with Gasteiger partial charge >= 0.3 is 12.1 Å². The van der Waals surface area contributed by atoms with Gasteiger partial charge in [0.1, 0.15) is 12.2 Å². The maximum absolute atomic E-state index is 13.0. The average Bonchev–Trinajstić information content (AvgIpc) is 3.05. The molecule has 0 spiro atoms. The number of alkyl halides is 3. The predicted octanol–water partition coefficient (Wildman–Crippen LogP) is 3.70. The number of halogens is 3. The number of rotatable bonds is 4. The van der Waals surface area contributed by atoms with Crippen molar-refractivity contribution in [3.63, 3.8) is 0 Å². The van der Waals surface area contributed by atoms with E-state index in [2.05, 4.69) is 0 Å². The maximum atomic E-state index is 13.0. The van der Waals surface area contributed by atoms with E-state index < -0.39 is 40.5 Å². The number of hydrogen-bond acceptors (Lipinski definition) is 6. The van der Waals surface area contributed by atoms with Gasteiger partial charge in [0.15, 0.2) is 11.5 Å². The third kappa shape index (κ3) is 3.39. The molecule has 1 heterocycles. The first kappa shape index (κ1) is 17.5. The lowest BCUT2D eigenvalue weighted by Gasteiger charge is -2.13. The fourth-order valence-electron chi connectivity index (χ4n) is 2.39. The van der Waals surface area contributed by atoms with Crippen LogP contribution in [0.2, 0.25) is 0 Å². The number of nitro groups is 1. The standard InChI is InChI=1S/C16H10F3NO6/c17-16(18,19)11-4-2-1-3-9(11)7-24-15(21)10-5-13-14(26-8-25-13)6-12(10)20(22)23/h1-6H,7-8H2. The Morgan fingerprint density at radius 2 is 1.85 bits per heavy atom. The summed E-state index contributed by atoms with van der Waals surface area (Å²) in [6, 6.07) is 6.65. The lowest BCUT2D eigenvalue weighted by molar-refractivity contribution is -0.385. The van der Waals surface area contributed by atoms with Crippen molar-refractivity contribution in [3.8, 4) is 11.5 Å². The van der Waals surface area contributed by atoms with Crippen LogP contribution in [0, 0.1) is 10.1 Å². The highest BCUT2D eigenvalue weighted by Crippen LogP contribution is 2.38. The molecule has 0 saturated carbocycles. The summed E-state index contributed by atoms with van der Waals surface area (Å²) < 4.78 is 53.8. The van der Waals surface area contributed by atoms with Crippen LogP contribution in [0.15, 0.2) is 36.4 Å². The SMILES string of the molecule is O=C(OCc1ccccc1C(F)(F)F)c1cc2c(cc1[N+](=O)[O-])OCO2. The molecule has 0 N–H and O–H groups in total. The minimum absolute atomic E-state index is 0.0932. The van der Waals surface area contributed by atoms with Crippen molar-refractivity contribution in [2.75, 3.05) is 6.79 Å². The van der Waals surface area contributed by atoms with Crippen LogP contribution in [-0.2, 0) is 17.5 Å². The van der Waals surface area contributed by atoms with E-state index in [-0.39, 0.29) is 23.9 Å². The molecule has 0 unspecified atom stereocenters. The number of hydrogen-bond donors (Lipinski definition) is 0. The first-order valence-corrected chi connectivity index (χ1v) is 7.17. The van der Waals surface area contributed by atoms with E-state index in [4.69, 9.17) is 14.2 Å². The van der Waals surface area contributed by atoms with Crippen LogP contribution >= 0.6 is 0 Å². The van der Waals surface area contributed by atoms with Crippen LogP contribution in [0.25, 0.3) is 0 Å². The lowest BCUT2D eigenvalue weighted by atomic mass is 10.1. The number of carbonyl (C=O) groups excluding carboxylic acids is 1. The molecule has 2 aromatic carbocycles. The molecule has 10 heteroatoms. The highest BCUT2D eigenvalue weighted by Gasteiger charge is 2.33. The summed E-state index contributed by atoms with van der Waals surface area (Å²) in [5, 5.41) is 11.1. The normalized spacial score (nSPS) is 12.7. The van der Waals surface area contributed by atoms with E-state index >= 15 is 0 Å². The Balaban J connectivity index is 1.85. The number of benzene rings is 2. The second-order valence-corrected chi connectivity index (χ2v) is 5.21. The van der Waals surface area contributed by atoms with Gasteiger partial charge in [-0.2, -0.15) is 13.2 Å². The predicted molar refractivity (Wildman–Crippen MR) is 79.8 cm³/mol. The van der Waals surface area contributed by atoms with Crippen LogP contribution in [0.1, 0.15) is 21.5 Å². The van der Waals surface area contributed by atoms with Crippen molar-refractivity contribution in [2.45, 2.75) is 12.8 Å². The number of ether oxygens (including phenoxy) is 3. The Kier molecular flexibility index (Phi) is 4.41. The topological polar surface area (TPSA) is 87.9 Å². The molecule has 1 aliphatic rings. The molecule has 0 aliphatic carbocycles. The van der Waals surface area contributed by atoms with Crippen LogP contribution in [0.4, 0.5) is 18.9 Å². The van der Waals surface area contributed by atoms with Crippen molar-refractivity contribution in [1.29, 1.82) is 0 Å². The van der Waals surface area contributed by atoms with Gasteiger partial charge in [0.05, 0.1) is 16.6 Å². The zero-order valence-corrected chi connectivity index (χ0v) is 12.9. The third-order valence-corrected chi connectivity index (χ3v) is 3.59. The summed E-state index contributed by atoms with van der Waals surface area (Å²) in [7, 11) is 0. The lowest BCUT2D eigenvalue weighted by Crippen LogP contribution is -2.13. The summed E-state index contributed by atoms with van der Waals surface area (Å²) in [6.07, 6.45) is -4.62. The van der Waals surface area contributed by atoms with E-state index in [9.17, 15) is 28.1 Å². The zero-order valence-electron chi connectivity index (χ0n) is 12.9. The van der Waals surface area contributed by atoms with Crippen molar-refractivity contribution in [2.24, 2.45) is 0 Å². The van der Waals surface area contributed by atoms with E-state index in [1.54, 1.807) is 0 Å². The Morgan fingerprint density at radius 3 is 2.50 bits per heavy atom. The van der Waals surface area contributed by atoms with Gasteiger partial charge in [0, 0.05) is 11.6 Å². The molecule has 0 radical (unpaired) electrons. The Bertz CT molecular complexity index is 881. The summed E-state index contributed by atoms with van der Waals surface area (Å²) in [6.45, 7) is -0.857. The smallest absolute Gasteiger partial charge is 0.416 e. The van der Waals surface area contributed by atoms with E-state index in [1.165, 1.54) is 12.1 Å². The summed E-state index contributed by atoms with van der Waals surface area (Å²) in [4.78, 5) is 22.5. The van der Waals surface area contributed by atoms with Gasteiger partial charge in [-0.05, 0) is 6.07 Å². The van der Waals surface area contributed by atoms with Crippen LogP contribution in [-0.4, -0.2) is 17.7 Å². The largest absolute Gasteiger partial charge is 0.457 e. The van der Waals surface area contributed by atoms with Crippen molar-refractivity contribution in [3.05, 3.63) is 63.2 Å². The minimum Gasteiger partial charge on any atom is -0.457 e. The molecule has 136 valence electrons. The maximum Gasteiger partial charge on any atom is 0.416 e. The monoisotopic (exact) mass is 369 g/mol. The zero-order chi connectivity index (χ0) is 18.9. The van der Waals surface area contributed by atoms with Crippen LogP contribution < -0.4 is 9.47 Å². The Morgan fingerprint density at radius 1 is 1.19 bits per heavy atom. The second-order valence-electron chi connectivity index (χ2n) is 5.21. The van der Waals surface area contributed by atoms with Gasteiger partial charge in [-0.15, -0.1) is 0 Å². The van der Waals surface area contributed by atoms with Crippen molar-refractivity contribution in [1.82, 2.24) is 0 Å². The minimum atomic E-state index is -4.62. The summed E-state index contributed by atoms with van der Waals surface area (Å²) >= 11 is 0. The fraction of sp³-hybridized carbons (Fsp3) is 0.188. The Labute approximate surface area is 144 Å². The van der Waals surface area contributed by atoms with E-state index in [0.29, 0.717) is 0 Å². The first-order valence-electron chi connectivity index (χ1n) is 7.17. The molecule has 2 aromatic rings. The highest BCUT2D eigenvalue weighted by molar-refractivity contribution is 5.95. The van der Waals surface area contributed by atoms with Gasteiger partial charge in [-0.1, -0.05) is 18.2 Å². The van der Waals surface area contributed by atoms with Gasteiger partial charge in [-0.3, -0.25) is 10.1 Å². The van der Waals surface area contributed by atoms with Crippen LogP contribution in [0.5, 0.6) is 11.5 Å². The number of nitrogens with zero attached hydrogens (tertiary/aromatic N) is 1. The number of carbonyl (C=O) groups is 1. The quantitative estimate of drug-likeness (QED) is 0.464. The number of fused-ring (bicyclic) bond motifs is 1. The molecule has 0 aromatic heterocycles. The molecular weight excluding hydrogens is 359 g/mol. The van der Waals surface area contributed by atoms with E-state index in [1.807, 2.05) is 0 Å². The molecule has 0 bridgehead atoms. The molecule has 0 saturated heterocycles. The molecule has 0 atom stereocenters. The third-order valence-electron chi connectivity index (χ3n) is 3.59. The van der Waals surface area contributed by atoms with Gasteiger partial charge in [-0.25, -0.2) is 4.79 Å². The fourth-order valence-corrected chi connectivity index (χ4v) is 2.39. The van der Waals surface area contributed by atoms with Crippen molar-refractivity contribution < 1.29 is 37.1 Å². The molecule has 0 amide bonds. The number of nitro benzene ring substituents is 1. The highest BCUT2D eigenvalue weighted by atomic mass is 19.4. The van der Waals surface area contributed by atoms with E-state index in [0.717, 1.165) is 24.3 Å². The number of esters is 1. The molecule has 1 aliphatic heterocycles. The summed E-state index contributed by atoms with van der Waals surface area (Å²) in [5.74, 6) is -0.944.